The van der Waals surface area contributed by atoms with Crippen molar-refractivity contribution >= 4 is 16.9 Å². The quantitative estimate of drug-likeness (QED) is 0.821. The van der Waals surface area contributed by atoms with Crippen LogP contribution in [0.1, 0.15) is 29.6 Å². The first-order valence-electron chi connectivity index (χ1n) is 5.73. The molecule has 0 radical (unpaired) electrons. The van der Waals surface area contributed by atoms with Gasteiger partial charge in [0.1, 0.15) is 5.52 Å². The SMILES string of the molecule is Cc1nc2cc(C(=O)C(C)CCN)ccc2o1. The normalized spacial score (nSPS) is 12.9. The summed E-state index contributed by atoms with van der Waals surface area (Å²) in [5.41, 5.74) is 7.58. The molecule has 0 fully saturated rings. The Kier molecular flexibility index (Phi) is 3.24. The minimum Gasteiger partial charge on any atom is -0.441 e. The van der Waals surface area contributed by atoms with Crippen molar-refractivity contribution in [3.05, 3.63) is 29.7 Å². The number of benzene rings is 1. The summed E-state index contributed by atoms with van der Waals surface area (Å²) in [6.45, 7) is 4.21. The van der Waals surface area contributed by atoms with E-state index in [1.807, 2.05) is 6.92 Å². The minimum atomic E-state index is -0.0505. The first kappa shape index (κ1) is 11.8. The van der Waals surface area contributed by atoms with Crippen molar-refractivity contribution < 1.29 is 9.21 Å². The number of Topliss-reactive ketones (excluding diaryl/α,β-unsaturated/α-hetero) is 1. The van der Waals surface area contributed by atoms with Crippen LogP contribution < -0.4 is 5.73 Å². The van der Waals surface area contributed by atoms with Crippen molar-refractivity contribution in [2.45, 2.75) is 20.3 Å². The molecule has 0 saturated carbocycles. The fourth-order valence-corrected chi connectivity index (χ4v) is 1.86. The Hall–Kier alpha value is -1.68. The number of rotatable bonds is 4. The third-order valence-corrected chi connectivity index (χ3v) is 2.83. The second-order valence-corrected chi connectivity index (χ2v) is 4.26. The van der Waals surface area contributed by atoms with Crippen molar-refractivity contribution in [2.24, 2.45) is 11.7 Å². The molecule has 90 valence electrons. The Morgan fingerprint density at radius 1 is 1.53 bits per heavy atom. The molecule has 4 nitrogen and oxygen atoms in total. The van der Waals surface area contributed by atoms with Crippen LogP contribution >= 0.6 is 0 Å². The van der Waals surface area contributed by atoms with E-state index in [1.54, 1.807) is 25.1 Å². The molecule has 1 unspecified atom stereocenters. The van der Waals surface area contributed by atoms with Gasteiger partial charge in [-0.25, -0.2) is 4.98 Å². The van der Waals surface area contributed by atoms with Crippen molar-refractivity contribution in [3.8, 4) is 0 Å². The van der Waals surface area contributed by atoms with Crippen molar-refractivity contribution in [1.29, 1.82) is 0 Å². The van der Waals surface area contributed by atoms with Gasteiger partial charge in [0.2, 0.25) is 0 Å². The molecule has 2 aromatic rings. The van der Waals surface area contributed by atoms with E-state index in [0.717, 1.165) is 5.52 Å². The molecule has 1 aromatic carbocycles. The highest BCUT2D eigenvalue weighted by Crippen LogP contribution is 2.19. The standard InChI is InChI=1S/C13H16N2O2/c1-8(5-6-14)13(16)10-3-4-12-11(7-10)15-9(2)17-12/h3-4,7-8H,5-6,14H2,1-2H3. The van der Waals surface area contributed by atoms with Crippen molar-refractivity contribution in [3.63, 3.8) is 0 Å². The smallest absolute Gasteiger partial charge is 0.192 e. The molecule has 2 N–H and O–H groups in total. The van der Waals surface area contributed by atoms with Gasteiger partial charge >= 0.3 is 0 Å². The van der Waals surface area contributed by atoms with Crippen LogP contribution in [0.3, 0.4) is 0 Å². The molecule has 17 heavy (non-hydrogen) atoms. The number of carbonyl (C=O) groups is 1. The van der Waals surface area contributed by atoms with Crippen LogP contribution in [0.5, 0.6) is 0 Å². The predicted octanol–water partition coefficient (Wildman–Crippen LogP) is 2.30. The Morgan fingerprint density at radius 3 is 3.00 bits per heavy atom. The Bertz CT molecular complexity index is 545. The molecule has 4 heteroatoms. The number of fused-ring (bicyclic) bond motifs is 1. The summed E-state index contributed by atoms with van der Waals surface area (Å²) in [5.74, 6) is 0.669. The van der Waals surface area contributed by atoms with Crippen LogP contribution in [-0.4, -0.2) is 17.3 Å². The van der Waals surface area contributed by atoms with Crippen LogP contribution in [0.2, 0.25) is 0 Å². The van der Waals surface area contributed by atoms with Crippen LogP contribution in [-0.2, 0) is 0 Å². The first-order chi connectivity index (χ1) is 8.11. The number of nitrogens with zero attached hydrogens (tertiary/aromatic N) is 1. The zero-order chi connectivity index (χ0) is 12.4. The highest BCUT2D eigenvalue weighted by atomic mass is 16.3. The lowest BCUT2D eigenvalue weighted by Gasteiger charge is -2.08. The fraction of sp³-hybridized carbons (Fsp3) is 0.385. The van der Waals surface area contributed by atoms with Gasteiger partial charge in [-0.2, -0.15) is 0 Å². The number of hydrogen-bond acceptors (Lipinski definition) is 4. The second-order valence-electron chi connectivity index (χ2n) is 4.26. The third kappa shape index (κ3) is 2.36. The lowest BCUT2D eigenvalue weighted by Crippen LogP contribution is -2.15. The Balaban J connectivity index is 2.32. The number of hydrogen-bond donors (Lipinski definition) is 1. The number of aromatic nitrogens is 1. The predicted molar refractivity (Wildman–Crippen MR) is 65.9 cm³/mol. The third-order valence-electron chi connectivity index (χ3n) is 2.83. The summed E-state index contributed by atoms with van der Waals surface area (Å²) < 4.78 is 5.37. The molecular formula is C13H16N2O2. The van der Waals surface area contributed by atoms with E-state index < -0.39 is 0 Å². The van der Waals surface area contributed by atoms with Gasteiger partial charge in [0.05, 0.1) is 0 Å². The molecule has 1 heterocycles. The topological polar surface area (TPSA) is 69.1 Å². The van der Waals surface area contributed by atoms with E-state index in [1.165, 1.54) is 0 Å². The van der Waals surface area contributed by atoms with Crippen molar-refractivity contribution in [2.75, 3.05) is 6.54 Å². The molecule has 0 bridgehead atoms. The maximum absolute atomic E-state index is 12.1. The molecule has 2 rings (SSSR count). The van der Waals surface area contributed by atoms with E-state index in [2.05, 4.69) is 4.98 Å². The van der Waals surface area contributed by atoms with Gasteiger partial charge in [0.15, 0.2) is 17.3 Å². The summed E-state index contributed by atoms with van der Waals surface area (Å²) in [6.07, 6.45) is 0.703. The fourth-order valence-electron chi connectivity index (χ4n) is 1.86. The maximum Gasteiger partial charge on any atom is 0.192 e. The van der Waals surface area contributed by atoms with E-state index in [-0.39, 0.29) is 11.7 Å². The number of oxazole rings is 1. The molecular weight excluding hydrogens is 216 g/mol. The number of carbonyl (C=O) groups excluding carboxylic acids is 1. The molecule has 0 aliphatic carbocycles. The summed E-state index contributed by atoms with van der Waals surface area (Å²) in [5, 5.41) is 0. The first-order valence-corrected chi connectivity index (χ1v) is 5.73. The van der Waals surface area contributed by atoms with Gasteiger partial charge in [-0.3, -0.25) is 4.79 Å². The van der Waals surface area contributed by atoms with Crippen LogP contribution in [0.4, 0.5) is 0 Å². The van der Waals surface area contributed by atoms with Crippen LogP contribution in [0.25, 0.3) is 11.1 Å². The highest BCUT2D eigenvalue weighted by Gasteiger charge is 2.15. The number of ketones is 1. The molecule has 0 aliphatic rings. The molecule has 0 aliphatic heterocycles. The van der Waals surface area contributed by atoms with Crippen molar-refractivity contribution in [1.82, 2.24) is 4.98 Å². The lowest BCUT2D eigenvalue weighted by atomic mass is 9.96. The average Bonchev–Trinajstić information content (AvgIpc) is 2.67. The van der Waals surface area contributed by atoms with E-state index in [9.17, 15) is 4.79 Å². The molecule has 0 amide bonds. The number of aryl methyl sites for hydroxylation is 1. The molecule has 1 atom stereocenters. The average molecular weight is 232 g/mol. The summed E-state index contributed by atoms with van der Waals surface area (Å²) >= 11 is 0. The second kappa shape index (κ2) is 4.67. The van der Waals surface area contributed by atoms with E-state index >= 15 is 0 Å². The zero-order valence-corrected chi connectivity index (χ0v) is 10.1. The van der Waals surface area contributed by atoms with Crippen LogP contribution in [0.15, 0.2) is 22.6 Å². The Morgan fingerprint density at radius 2 is 2.29 bits per heavy atom. The van der Waals surface area contributed by atoms with Gasteiger partial charge in [0, 0.05) is 18.4 Å². The molecule has 1 aromatic heterocycles. The molecule has 0 spiro atoms. The lowest BCUT2D eigenvalue weighted by molar-refractivity contribution is 0.0925. The summed E-state index contributed by atoms with van der Waals surface area (Å²) in [6, 6.07) is 5.35. The monoisotopic (exact) mass is 232 g/mol. The van der Waals surface area contributed by atoms with E-state index in [0.29, 0.717) is 30.0 Å². The molecule has 0 saturated heterocycles. The Labute approximate surface area is 99.8 Å². The highest BCUT2D eigenvalue weighted by molar-refractivity contribution is 5.99. The van der Waals surface area contributed by atoms with Gasteiger partial charge in [-0.15, -0.1) is 0 Å². The summed E-state index contributed by atoms with van der Waals surface area (Å²) in [7, 11) is 0. The zero-order valence-electron chi connectivity index (χ0n) is 10.1. The minimum absolute atomic E-state index is 0.0505. The van der Waals surface area contributed by atoms with Gasteiger partial charge in [0.25, 0.3) is 0 Å². The van der Waals surface area contributed by atoms with E-state index in [4.69, 9.17) is 10.2 Å². The summed E-state index contributed by atoms with van der Waals surface area (Å²) in [4.78, 5) is 16.3. The van der Waals surface area contributed by atoms with Gasteiger partial charge in [-0.1, -0.05) is 6.92 Å². The van der Waals surface area contributed by atoms with Crippen LogP contribution in [0, 0.1) is 12.8 Å². The largest absolute Gasteiger partial charge is 0.441 e. The maximum atomic E-state index is 12.1. The van der Waals surface area contributed by atoms with Gasteiger partial charge < -0.3 is 10.2 Å². The number of nitrogens with two attached hydrogens (primary N) is 1. The van der Waals surface area contributed by atoms with Gasteiger partial charge in [-0.05, 0) is 31.2 Å².